The molecule has 138 valence electrons. The van der Waals surface area contributed by atoms with Crippen molar-refractivity contribution < 1.29 is 14.4 Å². The van der Waals surface area contributed by atoms with Crippen molar-refractivity contribution in [2.45, 2.75) is 18.9 Å². The Labute approximate surface area is 160 Å². The van der Waals surface area contributed by atoms with Crippen LogP contribution >= 0.6 is 11.3 Å². The Kier molecular flexibility index (Phi) is 4.49. The van der Waals surface area contributed by atoms with Gasteiger partial charge >= 0.3 is 0 Å². The fourth-order valence-electron chi connectivity index (χ4n) is 3.37. The monoisotopic (exact) mass is 382 g/mol. The molecule has 2 aliphatic rings. The maximum Gasteiger partial charge on any atom is 0.276 e. The highest BCUT2D eigenvalue weighted by Gasteiger charge is 2.39. The van der Waals surface area contributed by atoms with Crippen molar-refractivity contribution in [1.29, 1.82) is 0 Å². The third-order valence-electron chi connectivity index (χ3n) is 4.81. The first-order valence-corrected chi connectivity index (χ1v) is 9.54. The highest BCUT2D eigenvalue weighted by atomic mass is 32.1. The zero-order valence-electron chi connectivity index (χ0n) is 14.7. The zero-order chi connectivity index (χ0) is 19.0. The van der Waals surface area contributed by atoms with E-state index in [1.807, 2.05) is 29.6 Å². The Balaban J connectivity index is 1.47. The molecule has 0 saturated carbocycles. The minimum atomic E-state index is -0.460. The number of nitrogens with zero attached hydrogens (tertiary/aromatic N) is 3. The Hall–Kier alpha value is -3.00. The Morgan fingerprint density at radius 3 is 2.67 bits per heavy atom. The lowest BCUT2D eigenvalue weighted by molar-refractivity contribution is -0.136. The van der Waals surface area contributed by atoms with Gasteiger partial charge in [0.15, 0.2) is 0 Å². The van der Waals surface area contributed by atoms with Gasteiger partial charge in [0.25, 0.3) is 11.8 Å². The highest BCUT2D eigenvalue weighted by molar-refractivity contribution is 7.13. The van der Waals surface area contributed by atoms with Crippen LogP contribution in [-0.4, -0.2) is 52.1 Å². The Morgan fingerprint density at radius 2 is 2.04 bits per heavy atom. The smallest absolute Gasteiger partial charge is 0.276 e. The fourth-order valence-corrected chi connectivity index (χ4v) is 4.01. The quantitative estimate of drug-likeness (QED) is 0.819. The second kappa shape index (κ2) is 6.96. The molecule has 3 heterocycles. The van der Waals surface area contributed by atoms with E-state index in [0.717, 1.165) is 21.9 Å². The number of amides is 3. The van der Waals surface area contributed by atoms with Crippen molar-refractivity contribution in [3.8, 4) is 10.6 Å². The summed E-state index contributed by atoms with van der Waals surface area (Å²) >= 11 is 1.56. The van der Waals surface area contributed by atoms with Gasteiger partial charge in [0.05, 0.1) is 0 Å². The summed E-state index contributed by atoms with van der Waals surface area (Å²) in [6.45, 7) is 0.583. The van der Waals surface area contributed by atoms with Crippen LogP contribution in [0.5, 0.6) is 0 Å². The van der Waals surface area contributed by atoms with Gasteiger partial charge in [0, 0.05) is 42.5 Å². The van der Waals surface area contributed by atoms with Crippen molar-refractivity contribution in [2.75, 3.05) is 18.9 Å². The first-order chi connectivity index (χ1) is 13.0. The lowest BCUT2D eigenvalue weighted by Gasteiger charge is -2.26. The molecular weight excluding hydrogens is 364 g/mol. The number of hydrogen-bond acceptors (Lipinski definition) is 6. The van der Waals surface area contributed by atoms with Crippen LogP contribution in [-0.2, 0) is 14.4 Å². The summed E-state index contributed by atoms with van der Waals surface area (Å²) in [5.41, 5.74) is 1.99. The van der Waals surface area contributed by atoms with E-state index in [1.54, 1.807) is 22.4 Å². The second-order valence-electron chi connectivity index (χ2n) is 6.49. The van der Waals surface area contributed by atoms with Gasteiger partial charge < -0.3 is 10.2 Å². The lowest BCUT2D eigenvalue weighted by Crippen LogP contribution is -2.41. The fraction of sp³-hybridized carbons (Fsp3) is 0.263. The van der Waals surface area contributed by atoms with E-state index in [2.05, 4.69) is 10.3 Å². The van der Waals surface area contributed by atoms with Gasteiger partial charge in [-0.25, -0.2) is 4.98 Å². The van der Waals surface area contributed by atoms with Crippen molar-refractivity contribution in [3.05, 3.63) is 47.6 Å². The first kappa shape index (κ1) is 17.4. The number of anilines is 1. The second-order valence-corrected chi connectivity index (χ2v) is 7.38. The van der Waals surface area contributed by atoms with Crippen molar-refractivity contribution in [2.24, 2.45) is 0 Å². The molecule has 3 amide bonds. The summed E-state index contributed by atoms with van der Waals surface area (Å²) in [6.07, 6.45) is 4.51. The molecule has 0 aliphatic carbocycles. The van der Waals surface area contributed by atoms with Gasteiger partial charge in [-0.1, -0.05) is 0 Å². The average Bonchev–Trinajstić information content (AvgIpc) is 3.40. The standard InChI is InChI=1S/C19H18N4O3S/c1-22-16(24)11-15(19(22)26)23-9-2-3-14(23)17(25)21-13-6-4-12(5-7-13)18-20-8-10-27-18/h4-8,10-11,14H,2-3,9H2,1H3,(H,21,25). The number of thiazole rings is 1. The molecule has 1 aromatic heterocycles. The van der Waals surface area contributed by atoms with Crippen molar-refractivity contribution in [1.82, 2.24) is 14.8 Å². The summed E-state index contributed by atoms with van der Waals surface area (Å²) < 4.78 is 0. The van der Waals surface area contributed by atoms with Gasteiger partial charge in [0.1, 0.15) is 16.7 Å². The van der Waals surface area contributed by atoms with Crippen molar-refractivity contribution >= 4 is 34.7 Å². The van der Waals surface area contributed by atoms with E-state index in [-0.39, 0.29) is 17.7 Å². The van der Waals surface area contributed by atoms with E-state index in [9.17, 15) is 14.4 Å². The van der Waals surface area contributed by atoms with Gasteiger partial charge in [-0.15, -0.1) is 11.3 Å². The number of benzene rings is 1. The number of aromatic nitrogens is 1. The summed E-state index contributed by atoms with van der Waals surface area (Å²) in [6, 6.07) is 7.05. The molecule has 2 aliphatic heterocycles. The Bertz CT molecular complexity index is 921. The van der Waals surface area contributed by atoms with Crippen LogP contribution in [0.1, 0.15) is 12.8 Å². The minimum Gasteiger partial charge on any atom is -0.355 e. The van der Waals surface area contributed by atoms with E-state index >= 15 is 0 Å². The van der Waals surface area contributed by atoms with Gasteiger partial charge in [-0.3, -0.25) is 19.3 Å². The molecule has 0 radical (unpaired) electrons. The van der Waals surface area contributed by atoms with Crippen LogP contribution in [0.15, 0.2) is 47.6 Å². The maximum atomic E-state index is 12.8. The van der Waals surface area contributed by atoms with Gasteiger partial charge in [-0.05, 0) is 37.1 Å². The largest absolute Gasteiger partial charge is 0.355 e. The number of rotatable bonds is 4. The first-order valence-electron chi connectivity index (χ1n) is 8.66. The summed E-state index contributed by atoms with van der Waals surface area (Å²) in [7, 11) is 1.45. The topological polar surface area (TPSA) is 82.6 Å². The molecule has 1 fully saturated rings. The van der Waals surface area contributed by atoms with Crippen LogP contribution < -0.4 is 5.32 Å². The van der Waals surface area contributed by atoms with Crippen molar-refractivity contribution in [3.63, 3.8) is 0 Å². The average molecular weight is 382 g/mol. The van der Waals surface area contributed by atoms with E-state index < -0.39 is 6.04 Å². The highest BCUT2D eigenvalue weighted by Crippen LogP contribution is 2.28. The molecule has 2 aromatic rings. The predicted molar refractivity (Wildman–Crippen MR) is 102 cm³/mol. The number of imide groups is 1. The van der Waals surface area contributed by atoms with E-state index in [1.165, 1.54) is 13.1 Å². The summed E-state index contributed by atoms with van der Waals surface area (Å²) in [5.74, 6) is -0.878. The maximum absolute atomic E-state index is 12.8. The number of carbonyl (C=O) groups excluding carboxylic acids is 3. The summed E-state index contributed by atoms with van der Waals surface area (Å²) in [4.78, 5) is 43.8. The third kappa shape index (κ3) is 3.23. The molecule has 4 rings (SSSR count). The molecular formula is C19H18N4O3S. The van der Waals surface area contributed by atoms with E-state index in [0.29, 0.717) is 24.4 Å². The molecule has 0 spiro atoms. The SMILES string of the molecule is CN1C(=O)C=C(N2CCCC2C(=O)Nc2ccc(-c3nccs3)cc2)C1=O. The molecule has 1 saturated heterocycles. The molecule has 7 nitrogen and oxygen atoms in total. The Morgan fingerprint density at radius 1 is 1.26 bits per heavy atom. The van der Waals surface area contributed by atoms with Crippen LogP contribution in [0.4, 0.5) is 5.69 Å². The molecule has 0 bridgehead atoms. The molecule has 1 atom stereocenters. The zero-order valence-corrected chi connectivity index (χ0v) is 15.5. The number of likely N-dealkylation sites (tertiary alicyclic amines) is 1. The van der Waals surface area contributed by atoms with Crippen LogP contribution in [0.3, 0.4) is 0 Å². The number of hydrogen-bond donors (Lipinski definition) is 1. The minimum absolute atomic E-state index is 0.176. The molecule has 1 aromatic carbocycles. The molecule has 1 N–H and O–H groups in total. The number of nitrogens with one attached hydrogen (secondary N) is 1. The predicted octanol–water partition coefficient (Wildman–Crippen LogP) is 2.10. The number of carbonyl (C=O) groups is 3. The summed E-state index contributed by atoms with van der Waals surface area (Å²) in [5, 5.41) is 5.76. The van der Waals surface area contributed by atoms with Crippen LogP contribution in [0.2, 0.25) is 0 Å². The van der Waals surface area contributed by atoms with Gasteiger partial charge in [-0.2, -0.15) is 0 Å². The van der Waals surface area contributed by atoms with E-state index in [4.69, 9.17) is 0 Å². The molecule has 8 heteroatoms. The third-order valence-corrected chi connectivity index (χ3v) is 5.63. The normalized spacial score (nSPS) is 19.6. The van der Waals surface area contributed by atoms with Gasteiger partial charge in [0.2, 0.25) is 5.91 Å². The van der Waals surface area contributed by atoms with Crippen LogP contribution in [0.25, 0.3) is 10.6 Å². The number of likely N-dealkylation sites (N-methyl/N-ethyl adjacent to an activating group) is 1. The lowest BCUT2D eigenvalue weighted by atomic mass is 10.1. The molecule has 27 heavy (non-hydrogen) atoms. The molecule has 1 unspecified atom stereocenters. The van der Waals surface area contributed by atoms with Crippen LogP contribution in [0, 0.1) is 0 Å².